The van der Waals surface area contributed by atoms with Gasteiger partial charge < -0.3 is 9.46 Å². The lowest BCUT2D eigenvalue weighted by molar-refractivity contribution is 0.107. The molecule has 2 aromatic carbocycles. The molecule has 2 aromatic rings. The Morgan fingerprint density at radius 3 is 2.32 bits per heavy atom. The predicted molar refractivity (Wildman–Crippen MR) is 110 cm³/mol. The number of fused-ring (bicyclic) bond motifs is 1. The first-order chi connectivity index (χ1) is 14.5. The molecule has 0 fully saturated rings. The molecule has 0 radical (unpaired) electrons. The van der Waals surface area contributed by atoms with E-state index in [1.54, 1.807) is 25.1 Å². The van der Waals surface area contributed by atoms with Crippen LogP contribution < -0.4 is 9.62 Å². The van der Waals surface area contributed by atoms with Gasteiger partial charge in [0, 0.05) is 28.9 Å². The van der Waals surface area contributed by atoms with Crippen molar-refractivity contribution in [3.8, 4) is 0 Å². The standard InChI is InChI=1S/C21H22F4N2O3S/c1-10(2)8-27-16-6-5-13(7-14(16)12(4)30-21(27)28)26-31(29)9-15-19(24)17(22)11(3)18(23)20(15)25/h5-7,10,12,26H,8-9H2,1-4H3. The number of benzene rings is 2. The average Bonchev–Trinajstić information content (AvgIpc) is 2.71. The molecule has 10 heteroatoms. The van der Waals surface area contributed by atoms with Crippen molar-refractivity contribution in [2.45, 2.75) is 39.6 Å². The molecule has 3 rings (SSSR count). The van der Waals surface area contributed by atoms with Gasteiger partial charge in [-0.3, -0.25) is 4.90 Å². The Morgan fingerprint density at radius 2 is 1.74 bits per heavy atom. The Morgan fingerprint density at radius 1 is 1.13 bits per heavy atom. The molecule has 0 saturated heterocycles. The number of rotatable bonds is 6. The lowest BCUT2D eigenvalue weighted by Gasteiger charge is -2.33. The van der Waals surface area contributed by atoms with Crippen molar-refractivity contribution in [1.29, 1.82) is 0 Å². The predicted octanol–water partition coefficient (Wildman–Crippen LogP) is 5.50. The van der Waals surface area contributed by atoms with E-state index >= 15 is 0 Å². The molecular weight excluding hydrogens is 436 g/mol. The molecule has 5 nitrogen and oxygen atoms in total. The molecule has 0 bridgehead atoms. The number of cyclic esters (lactones) is 1. The second-order valence-corrected chi connectivity index (χ2v) is 8.94. The van der Waals surface area contributed by atoms with Crippen molar-refractivity contribution < 1.29 is 31.3 Å². The van der Waals surface area contributed by atoms with Crippen molar-refractivity contribution in [3.05, 3.63) is 58.2 Å². The van der Waals surface area contributed by atoms with E-state index in [1.807, 2.05) is 13.8 Å². The lowest BCUT2D eigenvalue weighted by atomic mass is 10.0. The topological polar surface area (TPSA) is 58.6 Å². The van der Waals surface area contributed by atoms with Gasteiger partial charge in [-0.05, 0) is 38.0 Å². The quantitative estimate of drug-likeness (QED) is 0.459. The van der Waals surface area contributed by atoms with Crippen LogP contribution in [0.3, 0.4) is 0 Å². The second kappa shape index (κ2) is 8.86. The Balaban J connectivity index is 1.84. The average molecular weight is 458 g/mol. The smallest absolute Gasteiger partial charge is 0.414 e. The molecule has 0 aromatic heterocycles. The summed E-state index contributed by atoms with van der Waals surface area (Å²) < 4.78 is 76.0. The van der Waals surface area contributed by atoms with Crippen LogP contribution in [-0.4, -0.2) is 16.8 Å². The summed E-state index contributed by atoms with van der Waals surface area (Å²) in [6, 6.07) is 4.82. The third-order valence-corrected chi connectivity index (χ3v) is 5.90. The molecule has 2 unspecified atom stereocenters. The van der Waals surface area contributed by atoms with E-state index in [0.29, 0.717) is 23.5 Å². The van der Waals surface area contributed by atoms with Gasteiger partial charge in [0.15, 0.2) is 23.3 Å². The molecule has 168 valence electrons. The van der Waals surface area contributed by atoms with Crippen molar-refractivity contribution in [2.24, 2.45) is 5.92 Å². The van der Waals surface area contributed by atoms with E-state index in [9.17, 15) is 26.6 Å². The largest absolute Gasteiger partial charge is 0.441 e. The van der Waals surface area contributed by atoms with Gasteiger partial charge in [-0.25, -0.2) is 26.6 Å². The van der Waals surface area contributed by atoms with Gasteiger partial charge in [-0.2, -0.15) is 0 Å². The third kappa shape index (κ3) is 4.53. The first-order valence-corrected chi connectivity index (χ1v) is 10.9. The maximum absolute atomic E-state index is 14.1. The first-order valence-electron chi connectivity index (χ1n) is 9.59. The number of halogens is 4. The summed E-state index contributed by atoms with van der Waals surface area (Å²) in [5, 5.41) is 0. The normalized spacial score (nSPS) is 16.9. The Labute approximate surface area is 180 Å². The summed E-state index contributed by atoms with van der Waals surface area (Å²) in [5.41, 5.74) is -0.0719. The van der Waals surface area contributed by atoms with Crippen molar-refractivity contribution in [3.63, 3.8) is 0 Å². The third-order valence-electron chi connectivity index (χ3n) is 4.88. The fourth-order valence-corrected chi connectivity index (χ4v) is 4.29. The van der Waals surface area contributed by atoms with Gasteiger partial charge in [-0.15, -0.1) is 0 Å². The van der Waals surface area contributed by atoms with Crippen LogP contribution in [0.4, 0.5) is 33.7 Å². The number of amides is 1. The summed E-state index contributed by atoms with van der Waals surface area (Å²) in [6.45, 7) is 6.96. The van der Waals surface area contributed by atoms with Gasteiger partial charge in [0.05, 0.1) is 11.4 Å². The maximum atomic E-state index is 14.1. The van der Waals surface area contributed by atoms with Crippen molar-refractivity contribution in [2.75, 3.05) is 16.2 Å². The van der Waals surface area contributed by atoms with Crippen LogP contribution in [0.1, 0.15) is 43.6 Å². The minimum Gasteiger partial charge on any atom is -0.441 e. The zero-order valence-corrected chi connectivity index (χ0v) is 18.2. The Kier molecular flexibility index (Phi) is 6.59. The lowest BCUT2D eigenvalue weighted by Crippen LogP contribution is -2.39. The highest BCUT2D eigenvalue weighted by atomic mass is 32.2. The molecule has 1 N–H and O–H groups in total. The van der Waals surface area contributed by atoms with Gasteiger partial charge in [-0.1, -0.05) is 13.8 Å². The van der Waals surface area contributed by atoms with Crippen LogP contribution >= 0.6 is 0 Å². The first kappa shape index (κ1) is 23.1. The highest BCUT2D eigenvalue weighted by Gasteiger charge is 2.31. The maximum Gasteiger partial charge on any atom is 0.414 e. The number of carbonyl (C=O) groups is 1. The fourth-order valence-electron chi connectivity index (χ4n) is 3.32. The van der Waals surface area contributed by atoms with Gasteiger partial charge >= 0.3 is 6.09 Å². The van der Waals surface area contributed by atoms with Gasteiger partial charge in [0.25, 0.3) is 0 Å². The molecule has 2 atom stereocenters. The van der Waals surface area contributed by atoms with Crippen LogP contribution in [0.2, 0.25) is 0 Å². The van der Waals surface area contributed by atoms with E-state index < -0.39 is 63.3 Å². The number of ether oxygens (including phenoxy) is 1. The minimum atomic E-state index is -2.09. The number of hydrogen-bond donors (Lipinski definition) is 1. The van der Waals surface area contributed by atoms with Crippen LogP contribution in [-0.2, 0) is 21.5 Å². The number of nitrogens with zero attached hydrogens (tertiary/aromatic N) is 1. The van der Waals surface area contributed by atoms with Crippen molar-refractivity contribution >= 4 is 28.5 Å². The van der Waals surface area contributed by atoms with E-state index in [-0.39, 0.29) is 5.92 Å². The fraction of sp³-hybridized carbons (Fsp3) is 0.381. The minimum absolute atomic E-state index is 0.194. The van der Waals surface area contributed by atoms with E-state index in [1.165, 1.54) is 4.90 Å². The molecule has 1 heterocycles. The summed E-state index contributed by atoms with van der Waals surface area (Å²) in [7, 11) is -2.09. The van der Waals surface area contributed by atoms with E-state index in [4.69, 9.17) is 4.74 Å². The molecule has 0 aliphatic carbocycles. The molecule has 0 saturated carbocycles. The molecular formula is C21H22F4N2O3S. The highest BCUT2D eigenvalue weighted by Crippen LogP contribution is 2.37. The van der Waals surface area contributed by atoms with Crippen LogP contribution in [0, 0.1) is 36.1 Å². The van der Waals surface area contributed by atoms with E-state index in [0.717, 1.165) is 6.92 Å². The van der Waals surface area contributed by atoms with Crippen LogP contribution in [0.15, 0.2) is 18.2 Å². The number of hydrogen-bond acceptors (Lipinski definition) is 3. The molecule has 1 aliphatic heterocycles. The molecule has 31 heavy (non-hydrogen) atoms. The summed E-state index contributed by atoms with van der Waals surface area (Å²) in [6.07, 6.45) is -1.02. The number of anilines is 2. The van der Waals surface area contributed by atoms with E-state index in [2.05, 4.69) is 4.72 Å². The van der Waals surface area contributed by atoms with Gasteiger partial charge in [0.1, 0.15) is 17.1 Å². The second-order valence-electron chi connectivity index (χ2n) is 7.76. The molecule has 1 aliphatic rings. The highest BCUT2D eigenvalue weighted by molar-refractivity contribution is 7.85. The Hall–Kier alpha value is -2.62. The van der Waals surface area contributed by atoms with Crippen molar-refractivity contribution in [1.82, 2.24) is 0 Å². The van der Waals surface area contributed by atoms with Crippen LogP contribution in [0.25, 0.3) is 0 Å². The SMILES string of the molecule is Cc1c(F)c(F)c(CS(=O)Nc2ccc3c(c2)C(C)OC(=O)N3CC(C)C)c(F)c1F. The zero-order chi connectivity index (χ0) is 23.0. The number of nitrogens with one attached hydrogen (secondary N) is 1. The molecule has 1 amide bonds. The summed E-state index contributed by atoms with van der Waals surface area (Å²) in [4.78, 5) is 13.7. The summed E-state index contributed by atoms with van der Waals surface area (Å²) >= 11 is 0. The Bertz CT molecular complexity index is 1030. The number of carbonyl (C=O) groups excluding carboxylic acids is 1. The zero-order valence-electron chi connectivity index (χ0n) is 17.4. The molecule has 0 spiro atoms. The monoisotopic (exact) mass is 458 g/mol. The summed E-state index contributed by atoms with van der Waals surface area (Å²) in [5.74, 6) is -6.75. The van der Waals surface area contributed by atoms with Gasteiger partial charge in [0.2, 0.25) is 0 Å². The van der Waals surface area contributed by atoms with Crippen LogP contribution in [0.5, 0.6) is 0 Å².